The summed E-state index contributed by atoms with van der Waals surface area (Å²) in [4.78, 5) is 0. The van der Waals surface area contributed by atoms with Crippen molar-refractivity contribution >= 4 is 11.6 Å². The van der Waals surface area contributed by atoms with Crippen LogP contribution in [0.3, 0.4) is 0 Å². The van der Waals surface area contributed by atoms with Crippen LogP contribution in [0.4, 0.5) is 0 Å². The van der Waals surface area contributed by atoms with Gasteiger partial charge in [-0.25, -0.2) is 0 Å². The summed E-state index contributed by atoms with van der Waals surface area (Å²) in [6.45, 7) is 7.47. The van der Waals surface area contributed by atoms with Crippen molar-refractivity contribution in [3.8, 4) is 0 Å². The smallest absolute Gasteiger partial charge is 0.0482 e. The molecule has 1 rings (SSSR count). The van der Waals surface area contributed by atoms with Gasteiger partial charge in [0.2, 0.25) is 0 Å². The molecule has 102 valence electrons. The van der Waals surface area contributed by atoms with Crippen molar-refractivity contribution in [1.29, 1.82) is 0 Å². The largest absolute Gasteiger partial charge is 0.310 e. The molecule has 0 amide bonds. The second kappa shape index (κ2) is 8.55. The third-order valence-electron chi connectivity index (χ3n) is 3.39. The second-order valence-corrected chi connectivity index (χ2v) is 5.32. The predicted molar refractivity (Wildman–Crippen MR) is 81.4 cm³/mol. The minimum atomic E-state index is 0.402. The van der Waals surface area contributed by atoms with Gasteiger partial charge in [0.05, 0.1) is 0 Å². The van der Waals surface area contributed by atoms with E-state index in [0.717, 1.165) is 11.6 Å². The number of nitrogens with one attached hydrogen (secondary N) is 1. The summed E-state index contributed by atoms with van der Waals surface area (Å²) in [7, 11) is 0. The molecule has 2 heteroatoms. The lowest BCUT2D eigenvalue weighted by Crippen LogP contribution is -2.21. The van der Waals surface area contributed by atoms with E-state index >= 15 is 0 Å². The maximum absolute atomic E-state index is 6.42. The molecule has 1 N–H and O–H groups in total. The Morgan fingerprint density at radius 1 is 1.17 bits per heavy atom. The van der Waals surface area contributed by atoms with Gasteiger partial charge in [0, 0.05) is 11.1 Å². The molecule has 1 unspecified atom stereocenters. The first-order valence-corrected chi connectivity index (χ1v) is 7.56. The summed E-state index contributed by atoms with van der Waals surface area (Å²) >= 11 is 6.42. The molecule has 0 radical (unpaired) electrons. The molecular weight excluding hydrogens is 242 g/mol. The molecule has 0 saturated carbocycles. The fourth-order valence-electron chi connectivity index (χ4n) is 2.33. The van der Waals surface area contributed by atoms with Gasteiger partial charge in [-0.3, -0.25) is 0 Å². The molecule has 0 aliphatic rings. The van der Waals surface area contributed by atoms with Crippen LogP contribution in [0, 0.1) is 6.92 Å². The Morgan fingerprint density at radius 2 is 1.94 bits per heavy atom. The molecular formula is C16H26ClN. The van der Waals surface area contributed by atoms with Crippen molar-refractivity contribution in [1.82, 2.24) is 5.32 Å². The Balaban J connectivity index is 2.68. The summed E-state index contributed by atoms with van der Waals surface area (Å²) in [6, 6.07) is 6.74. The lowest BCUT2D eigenvalue weighted by molar-refractivity contribution is 0.482. The van der Waals surface area contributed by atoms with E-state index < -0.39 is 0 Å². The van der Waals surface area contributed by atoms with Crippen molar-refractivity contribution in [2.24, 2.45) is 0 Å². The minimum absolute atomic E-state index is 0.402. The maximum Gasteiger partial charge on any atom is 0.0482 e. The van der Waals surface area contributed by atoms with Gasteiger partial charge < -0.3 is 5.32 Å². The van der Waals surface area contributed by atoms with Crippen LogP contribution in [-0.4, -0.2) is 6.54 Å². The SMILES string of the molecule is CCCCCCC(NCC)c1cccc(C)c1Cl. The highest BCUT2D eigenvalue weighted by Gasteiger charge is 2.14. The lowest BCUT2D eigenvalue weighted by atomic mass is 9.98. The van der Waals surface area contributed by atoms with Gasteiger partial charge in [-0.2, -0.15) is 0 Å². The Kier molecular flexibility index (Phi) is 7.38. The molecule has 1 nitrogen and oxygen atoms in total. The van der Waals surface area contributed by atoms with E-state index in [9.17, 15) is 0 Å². The van der Waals surface area contributed by atoms with Crippen molar-refractivity contribution in [2.45, 2.75) is 58.9 Å². The Bertz CT molecular complexity index is 349. The Labute approximate surface area is 117 Å². The molecule has 0 aliphatic heterocycles. The van der Waals surface area contributed by atoms with Gasteiger partial charge >= 0.3 is 0 Å². The molecule has 0 spiro atoms. The topological polar surface area (TPSA) is 12.0 Å². The van der Waals surface area contributed by atoms with Crippen LogP contribution in [0.2, 0.25) is 5.02 Å². The predicted octanol–water partition coefficient (Wildman–Crippen LogP) is 5.27. The first-order chi connectivity index (χ1) is 8.70. The monoisotopic (exact) mass is 267 g/mol. The average Bonchev–Trinajstić information content (AvgIpc) is 2.37. The number of unbranched alkanes of at least 4 members (excludes halogenated alkanes) is 3. The molecule has 0 saturated heterocycles. The van der Waals surface area contributed by atoms with Crippen molar-refractivity contribution in [3.63, 3.8) is 0 Å². The fourth-order valence-corrected chi connectivity index (χ4v) is 2.59. The zero-order chi connectivity index (χ0) is 13.4. The van der Waals surface area contributed by atoms with Gasteiger partial charge in [0.15, 0.2) is 0 Å². The summed E-state index contributed by atoms with van der Waals surface area (Å²) in [5, 5.41) is 4.49. The number of rotatable bonds is 8. The van der Waals surface area contributed by atoms with Gasteiger partial charge in [-0.15, -0.1) is 0 Å². The van der Waals surface area contributed by atoms with Crippen LogP contribution in [0.25, 0.3) is 0 Å². The average molecular weight is 268 g/mol. The lowest BCUT2D eigenvalue weighted by Gasteiger charge is -2.20. The van der Waals surface area contributed by atoms with Crippen LogP contribution in [-0.2, 0) is 0 Å². The van der Waals surface area contributed by atoms with E-state index in [4.69, 9.17) is 11.6 Å². The van der Waals surface area contributed by atoms with E-state index in [1.165, 1.54) is 43.2 Å². The first kappa shape index (κ1) is 15.5. The standard InChI is InChI=1S/C16H26ClN/c1-4-6-7-8-12-15(18-5-2)14-11-9-10-13(3)16(14)17/h9-11,15,18H,4-8,12H2,1-3H3. The molecule has 0 aromatic heterocycles. The third-order valence-corrected chi connectivity index (χ3v) is 3.91. The highest BCUT2D eigenvalue weighted by Crippen LogP contribution is 2.29. The van der Waals surface area contributed by atoms with Crippen LogP contribution in [0.1, 0.15) is 63.1 Å². The molecule has 0 aliphatic carbocycles. The van der Waals surface area contributed by atoms with Crippen molar-refractivity contribution in [3.05, 3.63) is 34.3 Å². The zero-order valence-electron chi connectivity index (χ0n) is 11.9. The Hall–Kier alpha value is -0.530. The number of hydrogen-bond acceptors (Lipinski definition) is 1. The van der Waals surface area contributed by atoms with Gasteiger partial charge in [-0.05, 0) is 31.0 Å². The first-order valence-electron chi connectivity index (χ1n) is 7.19. The zero-order valence-corrected chi connectivity index (χ0v) is 12.7. The Morgan fingerprint density at radius 3 is 2.61 bits per heavy atom. The van der Waals surface area contributed by atoms with Crippen LogP contribution in [0.5, 0.6) is 0 Å². The minimum Gasteiger partial charge on any atom is -0.310 e. The molecule has 0 heterocycles. The van der Waals surface area contributed by atoms with Crippen LogP contribution >= 0.6 is 11.6 Å². The van der Waals surface area contributed by atoms with E-state index in [-0.39, 0.29) is 0 Å². The second-order valence-electron chi connectivity index (χ2n) is 4.94. The van der Waals surface area contributed by atoms with E-state index in [1.54, 1.807) is 0 Å². The fraction of sp³-hybridized carbons (Fsp3) is 0.625. The van der Waals surface area contributed by atoms with Gasteiger partial charge in [0.25, 0.3) is 0 Å². The molecule has 18 heavy (non-hydrogen) atoms. The van der Waals surface area contributed by atoms with E-state index in [1.807, 2.05) is 0 Å². The van der Waals surface area contributed by atoms with Crippen LogP contribution < -0.4 is 5.32 Å². The summed E-state index contributed by atoms with van der Waals surface area (Å²) in [5.41, 5.74) is 2.43. The number of aryl methyl sites for hydroxylation is 1. The van der Waals surface area contributed by atoms with Crippen LogP contribution in [0.15, 0.2) is 18.2 Å². The highest BCUT2D eigenvalue weighted by atomic mass is 35.5. The number of hydrogen-bond donors (Lipinski definition) is 1. The summed E-state index contributed by atoms with van der Waals surface area (Å²) in [5.74, 6) is 0. The van der Waals surface area contributed by atoms with E-state index in [0.29, 0.717) is 6.04 Å². The number of halogens is 1. The molecule has 1 atom stereocenters. The van der Waals surface area contributed by atoms with Crippen molar-refractivity contribution in [2.75, 3.05) is 6.54 Å². The quantitative estimate of drug-likeness (QED) is 0.633. The molecule has 1 aromatic carbocycles. The van der Waals surface area contributed by atoms with E-state index in [2.05, 4.69) is 44.3 Å². The van der Waals surface area contributed by atoms with Gasteiger partial charge in [-0.1, -0.05) is 69.3 Å². The highest BCUT2D eigenvalue weighted by molar-refractivity contribution is 6.32. The normalized spacial score (nSPS) is 12.7. The third kappa shape index (κ3) is 4.62. The van der Waals surface area contributed by atoms with Gasteiger partial charge in [0.1, 0.15) is 0 Å². The van der Waals surface area contributed by atoms with Crippen molar-refractivity contribution < 1.29 is 0 Å². The molecule has 1 aromatic rings. The summed E-state index contributed by atoms with van der Waals surface area (Å²) < 4.78 is 0. The maximum atomic E-state index is 6.42. The molecule has 0 fully saturated rings. The summed E-state index contributed by atoms with van der Waals surface area (Å²) in [6.07, 6.45) is 6.39. The number of benzene rings is 1. The molecule has 0 bridgehead atoms.